The summed E-state index contributed by atoms with van der Waals surface area (Å²) in [6.45, 7) is 9.00. The molecular formula is C15H25NOS. The van der Waals surface area contributed by atoms with E-state index < -0.39 is 0 Å². The maximum Gasteiger partial charge on any atom is 0.117 e. The lowest BCUT2D eigenvalue weighted by Gasteiger charge is -2.34. The second kappa shape index (κ2) is 5.70. The van der Waals surface area contributed by atoms with Gasteiger partial charge in [-0.15, -0.1) is 0 Å². The Bertz CT molecular complexity index is 351. The lowest BCUT2D eigenvalue weighted by Crippen LogP contribution is -2.37. The molecular weight excluding hydrogens is 242 g/mol. The Morgan fingerprint density at radius 2 is 2.17 bits per heavy atom. The van der Waals surface area contributed by atoms with Gasteiger partial charge in [0.25, 0.3) is 0 Å². The minimum atomic E-state index is 0.318. The Kier molecular flexibility index (Phi) is 4.44. The number of nitrogens with zero attached hydrogens (tertiary/aromatic N) is 1. The number of hydrogen-bond acceptors (Lipinski definition) is 3. The van der Waals surface area contributed by atoms with Crippen molar-refractivity contribution in [3.63, 3.8) is 0 Å². The third-order valence-electron chi connectivity index (χ3n) is 3.90. The van der Waals surface area contributed by atoms with Gasteiger partial charge < -0.3 is 4.42 Å². The molecule has 102 valence electrons. The predicted molar refractivity (Wildman–Crippen MR) is 78.9 cm³/mol. The molecule has 1 atom stereocenters. The van der Waals surface area contributed by atoms with Gasteiger partial charge in [-0.2, -0.15) is 12.6 Å². The molecule has 2 nitrogen and oxygen atoms in total. The average molecular weight is 267 g/mol. The van der Waals surface area contributed by atoms with Crippen molar-refractivity contribution in [2.75, 3.05) is 12.3 Å². The molecule has 3 heteroatoms. The van der Waals surface area contributed by atoms with Gasteiger partial charge in [-0.3, -0.25) is 4.90 Å². The molecule has 0 aromatic carbocycles. The van der Waals surface area contributed by atoms with Gasteiger partial charge in [-0.25, -0.2) is 0 Å². The Labute approximate surface area is 116 Å². The van der Waals surface area contributed by atoms with E-state index in [0.29, 0.717) is 11.3 Å². The lowest BCUT2D eigenvalue weighted by atomic mass is 9.81. The van der Waals surface area contributed by atoms with Crippen LogP contribution >= 0.6 is 12.6 Å². The molecule has 1 saturated carbocycles. The van der Waals surface area contributed by atoms with Gasteiger partial charge in [0.2, 0.25) is 0 Å². The SMILES string of the molecule is CC(C)(C)C(CS)CN(Cc1ccco1)C1CC1. The van der Waals surface area contributed by atoms with Crippen LogP contribution in [0.1, 0.15) is 39.4 Å². The zero-order valence-electron chi connectivity index (χ0n) is 11.7. The second-order valence-corrected chi connectivity index (χ2v) is 6.85. The molecule has 0 radical (unpaired) electrons. The summed E-state index contributed by atoms with van der Waals surface area (Å²) in [4.78, 5) is 2.57. The molecule has 0 N–H and O–H groups in total. The van der Waals surface area contributed by atoms with E-state index in [4.69, 9.17) is 4.42 Å². The van der Waals surface area contributed by atoms with E-state index in [0.717, 1.165) is 30.6 Å². The van der Waals surface area contributed by atoms with Crippen LogP contribution in [0.5, 0.6) is 0 Å². The van der Waals surface area contributed by atoms with Crippen LogP contribution in [0.3, 0.4) is 0 Å². The summed E-state index contributed by atoms with van der Waals surface area (Å²) in [6.07, 6.45) is 4.44. The molecule has 1 aliphatic rings. The lowest BCUT2D eigenvalue weighted by molar-refractivity contribution is 0.145. The number of hydrogen-bond donors (Lipinski definition) is 1. The summed E-state index contributed by atoms with van der Waals surface area (Å²) in [7, 11) is 0. The van der Waals surface area contributed by atoms with Crippen molar-refractivity contribution in [2.45, 2.75) is 46.2 Å². The molecule has 0 spiro atoms. The summed E-state index contributed by atoms with van der Waals surface area (Å²) < 4.78 is 5.48. The molecule has 1 aromatic rings. The van der Waals surface area contributed by atoms with Crippen molar-refractivity contribution < 1.29 is 4.42 Å². The van der Waals surface area contributed by atoms with E-state index >= 15 is 0 Å². The summed E-state index contributed by atoms with van der Waals surface area (Å²) in [5.74, 6) is 2.65. The largest absolute Gasteiger partial charge is 0.468 e. The first-order chi connectivity index (χ1) is 8.50. The third kappa shape index (κ3) is 3.79. The van der Waals surface area contributed by atoms with Crippen LogP contribution in [0.25, 0.3) is 0 Å². The highest BCUT2D eigenvalue weighted by atomic mass is 32.1. The van der Waals surface area contributed by atoms with Crippen molar-refractivity contribution in [2.24, 2.45) is 11.3 Å². The molecule has 1 heterocycles. The topological polar surface area (TPSA) is 16.4 Å². The van der Waals surface area contributed by atoms with Crippen LogP contribution in [0.4, 0.5) is 0 Å². The predicted octanol–water partition coefficient (Wildman–Crippen LogP) is 3.84. The third-order valence-corrected chi connectivity index (χ3v) is 4.34. The number of furan rings is 1. The smallest absolute Gasteiger partial charge is 0.117 e. The summed E-state index contributed by atoms with van der Waals surface area (Å²) >= 11 is 4.54. The monoisotopic (exact) mass is 267 g/mol. The molecule has 0 saturated heterocycles. The standard InChI is InChI=1S/C15H25NOS/c1-15(2,3)12(11-18)9-16(13-6-7-13)10-14-5-4-8-17-14/h4-5,8,12-13,18H,6-7,9-11H2,1-3H3. The molecule has 1 unspecified atom stereocenters. The first-order valence-corrected chi connectivity index (χ1v) is 7.51. The molecule has 18 heavy (non-hydrogen) atoms. The van der Waals surface area contributed by atoms with Gasteiger partial charge in [0, 0.05) is 12.6 Å². The normalized spacial score (nSPS) is 18.3. The van der Waals surface area contributed by atoms with Crippen molar-refractivity contribution in [3.8, 4) is 0 Å². The van der Waals surface area contributed by atoms with Gasteiger partial charge in [-0.05, 0) is 42.1 Å². The van der Waals surface area contributed by atoms with E-state index in [9.17, 15) is 0 Å². The van der Waals surface area contributed by atoms with Crippen molar-refractivity contribution >= 4 is 12.6 Å². The van der Waals surface area contributed by atoms with E-state index in [1.807, 2.05) is 6.07 Å². The zero-order chi connectivity index (χ0) is 13.2. The highest BCUT2D eigenvalue weighted by Gasteiger charge is 2.33. The highest BCUT2D eigenvalue weighted by molar-refractivity contribution is 7.80. The van der Waals surface area contributed by atoms with E-state index in [-0.39, 0.29) is 0 Å². The molecule has 1 aromatic heterocycles. The quantitative estimate of drug-likeness (QED) is 0.789. The molecule has 0 amide bonds. The van der Waals surface area contributed by atoms with E-state index in [1.54, 1.807) is 6.26 Å². The van der Waals surface area contributed by atoms with Crippen LogP contribution in [0.2, 0.25) is 0 Å². The van der Waals surface area contributed by atoms with Crippen LogP contribution in [-0.4, -0.2) is 23.2 Å². The van der Waals surface area contributed by atoms with Crippen LogP contribution < -0.4 is 0 Å². The van der Waals surface area contributed by atoms with Crippen molar-refractivity contribution in [1.82, 2.24) is 4.90 Å². The van der Waals surface area contributed by atoms with Crippen LogP contribution in [0, 0.1) is 11.3 Å². The zero-order valence-corrected chi connectivity index (χ0v) is 12.6. The minimum Gasteiger partial charge on any atom is -0.468 e. The summed E-state index contributed by atoms with van der Waals surface area (Å²) in [6, 6.07) is 4.81. The van der Waals surface area contributed by atoms with Gasteiger partial charge in [0.05, 0.1) is 12.8 Å². The Morgan fingerprint density at radius 3 is 2.61 bits per heavy atom. The maximum absolute atomic E-state index is 5.48. The Balaban J connectivity index is 1.97. The second-order valence-electron chi connectivity index (χ2n) is 6.49. The fourth-order valence-corrected chi connectivity index (χ4v) is 2.94. The highest BCUT2D eigenvalue weighted by Crippen LogP contribution is 2.33. The number of rotatable bonds is 6. The molecule has 0 bridgehead atoms. The molecule has 0 aliphatic heterocycles. The van der Waals surface area contributed by atoms with Crippen molar-refractivity contribution in [3.05, 3.63) is 24.2 Å². The van der Waals surface area contributed by atoms with Crippen LogP contribution in [0.15, 0.2) is 22.8 Å². The molecule has 1 aliphatic carbocycles. The number of thiol groups is 1. The summed E-state index contributed by atoms with van der Waals surface area (Å²) in [5, 5.41) is 0. The maximum atomic E-state index is 5.48. The minimum absolute atomic E-state index is 0.318. The molecule has 1 fully saturated rings. The van der Waals surface area contributed by atoms with E-state index in [1.165, 1.54) is 12.8 Å². The van der Waals surface area contributed by atoms with Gasteiger partial charge in [0.15, 0.2) is 0 Å². The fraction of sp³-hybridized carbons (Fsp3) is 0.733. The average Bonchev–Trinajstić information content (AvgIpc) is 3.01. The Hall–Kier alpha value is -0.410. The molecule has 2 rings (SSSR count). The van der Waals surface area contributed by atoms with Gasteiger partial charge >= 0.3 is 0 Å². The summed E-state index contributed by atoms with van der Waals surface area (Å²) in [5.41, 5.74) is 0.318. The van der Waals surface area contributed by atoms with Crippen LogP contribution in [-0.2, 0) is 6.54 Å². The van der Waals surface area contributed by atoms with Gasteiger partial charge in [0.1, 0.15) is 5.76 Å². The van der Waals surface area contributed by atoms with Gasteiger partial charge in [-0.1, -0.05) is 20.8 Å². The Morgan fingerprint density at radius 1 is 1.44 bits per heavy atom. The van der Waals surface area contributed by atoms with E-state index in [2.05, 4.69) is 44.4 Å². The first-order valence-electron chi connectivity index (χ1n) is 6.88. The fourth-order valence-electron chi connectivity index (χ4n) is 2.27. The first kappa shape index (κ1) is 14.0. The van der Waals surface area contributed by atoms with Crippen molar-refractivity contribution in [1.29, 1.82) is 0 Å².